The summed E-state index contributed by atoms with van der Waals surface area (Å²) in [4.78, 5) is 21.6. The van der Waals surface area contributed by atoms with Crippen molar-refractivity contribution < 1.29 is 9.53 Å². The number of ether oxygens (including phenoxy) is 1. The molecule has 0 aliphatic carbocycles. The second kappa shape index (κ2) is 9.66. The summed E-state index contributed by atoms with van der Waals surface area (Å²) in [6.07, 6.45) is 3.01. The zero-order valence-electron chi connectivity index (χ0n) is 19.0. The molecule has 2 aromatic carbocycles. The molecule has 0 radical (unpaired) electrons. The van der Waals surface area contributed by atoms with Crippen molar-refractivity contribution in [3.8, 4) is 16.8 Å². The number of amides is 1. The molecule has 1 atom stereocenters. The highest BCUT2D eigenvalue weighted by molar-refractivity contribution is 5.96. The molecule has 2 heterocycles. The Morgan fingerprint density at radius 2 is 1.85 bits per heavy atom. The molecular formula is C24H25N7O2. The third-order valence-electron chi connectivity index (χ3n) is 5.28. The Morgan fingerprint density at radius 1 is 1.06 bits per heavy atom. The number of aryl methyl sites for hydroxylation is 2. The molecule has 0 unspecified atom stereocenters. The minimum atomic E-state index is -0.319. The van der Waals surface area contributed by atoms with Gasteiger partial charge in [-0.2, -0.15) is 4.68 Å². The molecule has 0 aliphatic heterocycles. The lowest BCUT2D eigenvalue weighted by molar-refractivity contribution is 0.0950. The van der Waals surface area contributed by atoms with E-state index in [-0.39, 0.29) is 18.6 Å². The van der Waals surface area contributed by atoms with Crippen molar-refractivity contribution >= 4 is 5.91 Å². The summed E-state index contributed by atoms with van der Waals surface area (Å²) < 4.78 is 6.99. The second-order valence-electron chi connectivity index (χ2n) is 7.79. The molecule has 0 spiro atoms. The monoisotopic (exact) mass is 443 g/mol. The molecule has 0 saturated heterocycles. The van der Waals surface area contributed by atoms with Gasteiger partial charge in [-0.15, -0.1) is 5.10 Å². The predicted octanol–water partition coefficient (Wildman–Crippen LogP) is 3.37. The average molecular weight is 444 g/mol. The Kier molecular flexibility index (Phi) is 6.50. The van der Waals surface area contributed by atoms with E-state index in [1.54, 1.807) is 30.3 Å². The minimum Gasteiger partial charge on any atom is -0.374 e. The van der Waals surface area contributed by atoms with E-state index >= 15 is 0 Å². The zero-order chi connectivity index (χ0) is 23.4. The highest BCUT2D eigenvalue weighted by Crippen LogP contribution is 2.26. The number of methoxy groups -OCH3 is 1. The summed E-state index contributed by atoms with van der Waals surface area (Å²) in [6, 6.07) is 13.7. The van der Waals surface area contributed by atoms with Crippen LogP contribution in [0.2, 0.25) is 0 Å². The molecule has 9 heteroatoms. The molecule has 0 bridgehead atoms. The fraction of sp³-hybridized carbons (Fsp3) is 0.250. The number of hydrogen-bond donors (Lipinski definition) is 1. The normalized spacial score (nSPS) is 11.9. The largest absolute Gasteiger partial charge is 0.374 e. The van der Waals surface area contributed by atoms with Gasteiger partial charge < -0.3 is 10.1 Å². The Morgan fingerprint density at radius 3 is 2.55 bits per heavy atom. The van der Waals surface area contributed by atoms with E-state index in [2.05, 4.69) is 30.8 Å². The van der Waals surface area contributed by atoms with Crippen LogP contribution in [0.1, 0.15) is 46.2 Å². The van der Waals surface area contributed by atoms with Gasteiger partial charge in [0.05, 0.1) is 29.8 Å². The maximum absolute atomic E-state index is 13.1. The van der Waals surface area contributed by atoms with E-state index in [0.29, 0.717) is 22.8 Å². The van der Waals surface area contributed by atoms with E-state index in [1.165, 1.54) is 0 Å². The van der Waals surface area contributed by atoms with E-state index in [0.717, 1.165) is 22.4 Å². The minimum absolute atomic E-state index is 0.234. The van der Waals surface area contributed by atoms with Crippen LogP contribution in [0, 0.1) is 13.8 Å². The molecule has 9 nitrogen and oxygen atoms in total. The van der Waals surface area contributed by atoms with Gasteiger partial charge in [0.25, 0.3) is 5.91 Å². The Bertz CT molecular complexity index is 1250. The Hall–Kier alpha value is -3.98. The van der Waals surface area contributed by atoms with Gasteiger partial charge in [0.1, 0.15) is 6.10 Å². The topological polar surface area (TPSA) is 108 Å². The van der Waals surface area contributed by atoms with Crippen molar-refractivity contribution in [1.29, 1.82) is 0 Å². The van der Waals surface area contributed by atoms with Crippen molar-refractivity contribution in [2.75, 3.05) is 7.11 Å². The number of benzene rings is 2. The molecule has 1 N–H and O–H groups in total. The summed E-state index contributed by atoms with van der Waals surface area (Å²) in [7, 11) is 1.60. The molecule has 2 aromatic heterocycles. The van der Waals surface area contributed by atoms with Crippen LogP contribution in [0.5, 0.6) is 0 Å². The van der Waals surface area contributed by atoms with Crippen LogP contribution in [0.25, 0.3) is 16.8 Å². The SMILES string of the molecule is CO[C@H](C)c1nnnn1-c1cc(C(=O)NCc2cnc(C)cn2)cc(-c2ccc(C)cc2)c1. The van der Waals surface area contributed by atoms with Crippen molar-refractivity contribution in [3.05, 3.63) is 83.2 Å². The number of carbonyl (C=O) groups excluding carboxylic acids is 1. The van der Waals surface area contributed by atoms with Crippen LogP contribution in [-0.2, 0) is 11.3 Å². The van der Waals surface area contributed by atoms with E-state index in [1.807, 2.05) is 57.2 Å². The molecule has 4 rings (SSSR count). The van der Waals surface area contributed by atoms with Crippen LogP contribution in [0.3, 0.4) is 0 Å². The highest BCUT2D eigenvalue weighted by atomic mass is 16.5. The standard InChI is InChI=1S/C24H25N7O2/c1-15-5-7-18(8-6-15)19-9-20(24(32)27-14-21-13-25-16(2)12-26-21)11-22(10-19)31-23(17(3)33-4)28-29-30-31/h5-13,17H,14H2,1-4H3,(H,27,32)/t17-/m1/s1. The number of tetrazole rings is 1. The van der Waals surface area contributed by atoms with Crippen LogP contribution in [0.15, 0.2) is 54.9 Å². The first-order chi connectivity index (χ1) is 15.9. The van der Waals surface area contributed by atoms with Crippen molar-refractivity contribution in [1.82, 2.24) is 35.5 Å². The smallest absolute Gasteiger partial charge is 0.251 e. The predicted molar refractivity (Wildman–Crippen MR) is 123 cm³/mol. The molecule has 168 valence electrons. The fourth-order valence-corrected chi connectivity index (χ4v) is 3.30. The maximum Gasteiger partial charge on any atom is 0.251 e. The lowest BCUT2D eigenvalue weighted by Crippen LogP contribution is -2.24. The van der Waals surface area contributed by atoms with E-state index < -0.39 is 0 Å². The quantitative estimate of drug-likeness (QED) is 0.466. The zero-order valence-corrected chi connectivity index (χ0v) is 19.0. The second-order valence-corrected chi connectivity index (χ2v) is 7.79. The number of aromatic nitrogens is 6. The number of carbonyl (C=O) groups is 1. The summed E-state index contributed by atoms with van der Waals surface area (Å²) in [6.45, 7) is 6.03. The lowest BCUT2D eigenvalue weighted by Gasteiger charge is -2.13. The van der Waals surface area contributed by atoms with Gasteiger partial charge in [0.2, 0.25) is 0 Å². The number of nitrogens with one attached hydrogen (secondary N) is 1. The Labute approximate surface area is 191 Å². The molecule has 4 aromatic rings. The van der Waals surface area contributed by atoms with Gasteiger partial charge in [-0.3, -0.25) is 14.8 Å². The molecule has 0 aliphatic rings. The van der Waals surface area contributed by atoms with Crippen LogP contribution >= 0.6 is 0 Å². The van der Waals surface area contributed by atoms with Gasteiger partial charge in [-0.05, 0) is 60.5 Å². The van der Waals surface area contributed by atoms with Gasteiger partial charge in [0.15, 0.2) is 5.82 Å². The van der Waals surface area contributed by atoms with E-state index in [9.17, 15) is 4.79 Å². The first-order valence-corrected chi connectivity index (χ1v) is 10.5. The fourth-order valence-electron chi connectivity index (χ4n) is 3.30. The van der Waals surface area contributed by atoms with Gasteiger partial charge in [-0.1, -0.05) is 29.8 Å². The molecule has 0 saturated carbocycles. The first-order valence-electron chi connectivity index (χ1n) is 10.5. The van der Waals surface area contributed by atoms with Crippen LogP contribution in [-0.4, -0.2) is 43.2 Å². The average Bonchev–Trinajstić information content (AvgIpc) is 3.33. The van der Waals surface area contributed by atoms with Crippen molar-refractivity contribution in [2.45, 2.75) is 33.4 Å². The van der Waals surface area contributed by atoms with Gasteiger partial charge in [-0.25, -0.2) is 0 Å². The van der Waals surface area contributed by atoms with Crippen LogP contribution in [0.4, 0.5) is 0 Å². The van der Waals surface area contributed by atoms with Gasteiger partial charge >= 0.3 is 0 Å². The summed E-state index contributed by atoms with van der Waals surface area (Å²) >= 11 is 0. The number of rotatable bonds is 7. The Balaban J connectivity index is 1.71. The third-order valence-corrected chi connectivity index (χ3v) is 5.28. The van der Waals surface area contributed by atoms with Crippen molar-refractivity contribution in [3.63, 3.8) is 0 Å². The number of hydrogen-bond acceptors (Lipinski definition) is 7. The molecule has 0 fully saturated rings. The lowest BCUT2D eigenvalue weighted by atomic mass is 10.0. The maximum atomic E-state index is 13.1. The van der Waals surface area contributed by atoms with E-state index in [4.69, 9.17) is 4.74 Å². The third kappa shape index (κ3) is 5.09. The summed E-state index contributed by atoms with van der Waals surface area (Å²) in [5.74, 6) is 0.307. The first kappa shape index (κ1) is 22.2. The molecule has 33 heavy (non-hydrogen) atoms. The number of nitrogens with zero attached hydrogens (tertiary/aromatic N) is 6. The highest BCUT2D eigenvalue weighted by Gasteiger charge is 2.18. The summed E-state index contributed by atoms with van der Waals surface area (Å²) in [5, 5.41) is 15.0. The van der Waals surface area contributed by atoms with Crippen molar-refractivity contribution in [2.24, 2.45) is 0 Å². The molecular weight excluding hydrogens is 418 g/mol. The summed E-state index contributed by atoms with van der Waals surface area (Å²) in [5.41, 5.74) is 5.66. The van der Waals surface area contributed by atoms with Crippen LogP contribution < -0.4 is 5.32 Å². The molecule has 1 amide bonds. The van der Waals surface area contributed by atoms with Gasteiger partial charge in [0, 0.05) is 18.9 Å².